The fraction of sp³-hybridized carbons (Fsp3) is 0.0769. The van der Waals surface area contributed by atoms with Crippen LogP contribution < -0.4 is 5.32 Å². The van der Waals surface area contributed by atoms with Gasteiger partial charge in [-0.05, 0) is 24.3 Å². The summed E-state index contributed by atoms with van der Waals surface area (Å²) in [5.74, 6) is -1.37. The third kappa shape index (κ3) is 2.22. The number of carboxylic acids is 1. The zero-order valence-corrected chi connectivity index (χ0v) is 10.9. The van der Waals surface area contributed by atoms with E-state index in [9.17, 15) is 9.59 Å². The van der Waals surface area contributed by atoms with Gasteiger partial charge in [0.15, 0.2) is 11.3 Å². The highest BCUT2D eigenvalue weighted by Gasteiger charge is 2.13. The summed E-state index contributed by atoms with van der Waals surface area (Å²) >= 11 is 0. The van der Waals surface area contributed by atoms with Crippen LogP contribution in [0, 0.1) is 0 Å². The third-order valence-electron chi connectivity index (χ3n) is 2.87. The Hall–Kier alpha value is -3.16. The molecule has 2 aromatic heterocycles. The number of nitrogens with one attached hydrogen (secondary N) is 1. The standard InChI is InChI=1S/C13H10N4O4/c1-14-11(18)9-4-5-17(16-9)13-15-8-3-2-7(12(19)20)6-10(8)21-13/h2-6H,1H3,(H,14,18)(H,19,20). The van der Waals surface area contributed by atoms with Crippen LogP contribution in [0.25, 0.3) is 17.1 Å². The summed E-state index contributed by atoms with van der Waals surface area (Å²) in [6.07, 6.45) is 1.54. The molecular formula is C13H10N4O4. The number of aromatic carboxylic acids is 1. The van der Waals surface area contributed by atoms with Gasteiger partial charge in [-0.2, -0.15) is 14.8 Å². The Labute approximate surface area is 118 Å². The van der Waals surface area contributed by atoms with E-state index in [0.717, 1.165) is 0 Å². The average Bonchev–Trinajstić information content (AvgIpc) is 3.11. The Morgan fingerprint density at radius 3 is 2.86 bits per heavy atom. The summed E-state index contributed by atoms with van der Waals surface area (Å²) in [6.45, 7) is 0. The van der Waals surface area contributed by atoms with Crippen molar-refractivity contribution in [1.82, 2.24) is 20.1 Å². The molecule has 0 aliphatic rings. The number of fused-ring (bicyclic) bond motifs is 1. The molecule has 0 saturated carbocycles. The van der Waals surface area contributed by atoms with E-state index >= 15 is 0 Å². The first-order chi connectivity index (χ1) is 10.1. The Balaban J connectivity index is 2.02. The van der Waals surface area contributed by atoms with E-state index in [1.54, 1.807) is 6.07 Å². The lowest BCUT2D eigenvalue weighted by Crippen LogP contribution is -2.18. The first-order valence-electron chi connectivity index (χ1n) is 6.00. The number of carbonyl (C=O) groups is 2. The Morgan fingerprint density at radius 2 is 2.14 bits per heavy atom. The molecule has 1 aromatic carbocycles. The number of rotatable bonds is 3. The number of hydrogen-bond donors (Lipinski definition) is 2. The van der Waals surface area contributed by atoms with Gasteiger partial charge in [-0.15, -0.1) is 0 Å². The summed E-state index contributed by atoms with van der Waals surface area (Å²) in [6, 6.07) is 6.06. The predicted molar refractivity (Wildman–Crippen MR) is 71.5 cm³/mol. The van der Waals surface area contributed by atoms with E-state index in [0.29, 0.717) is 11.1 Å². The topological polar surface area (TPSA) is 110 Å². The predicted octanol–water partition coefficient (Wildman–Crippen LogP) is 1.07. The van der Waals surface area contributed by atoms with Crippen LogP contribution in [-0.4, -0.2) is 38.8 Å². The van der Waals surface area contributed by atoms with Gasteiger partial charge < -0.3 is 14.8 Å². The number of benzene rings is 1. The third-order valence-corrected chi connectivity index (χ3v) is 2.87. The highest BCUT2D eigenvalue weighted by atomic mass is 16.4. The van der Waals surface area contributed by atoms with E-state index in [1.807, 2.05) is 0 Å². The number of amides is 1. The molecule has 2 heterocycles. The second kappa shape index (κ2) is 4.75. The molecule has 0 bridgehead atoms. The van der Waals surface area contributed by atoms with Crippen LogP contribution in [0.15, 0.2) is 34.9 Å². The quantitative estimate of drug-likeness (QED) is 0.745. The minimum atomic E-state index is -1.05. The van der Waals surface area contributed by atoms with Crippen molar-refractivity contribution < 1.29 is 19.1 Å². The van der Waals surface area contributed by atoms with Crippen LogP contribution in [0.2, 0.25) is 0 Å². The number of aromatic nitrogens is 3. The van der Waals surface area contributed by atoms with Crippen LogP contribution in [0.1, 0.15) is 20.8 Å². The first kappa shape index (κ1) is 12.9. The second-order valence-corrected chi connectivity index (χ2v) is 4.21. The van der Waals surface area contributed by atoms with Crippen LogP contribution in [0.4, 0.5) is 0 Å². The van der Waals surface area contributed by atoms with E-state index in [1.165, 1.54) is 36.1 Å². The van der Waals surface area contributed by atoms with Gasteiger partial charge in [-0.25, -0.2) is 4.79 Å². The molecule has 0 aliphatic carbocycles. The molecule has 8 nitrogen and oxygen atoms in total. The number of nitrogens with zero attached hydrogens (tertiary/aromatic N) is 3. The van der Waals surface area contributed by atoms with Crippen LogP contribution >= 0.6 is 0 Å². The molecule has 0 spiro atoms. The highest BCUT2D eigenvalue weighted by molar-refractivity contribution is 5.92. The molecule has 2 N–H and O–H groups in total. The summed E-state index contributed by atoms with van der Waals surface area (Å²) < 4.78 is 6.78. The van der Waals surface area contributed by atoms with Crippen LogP contribution in [0.5, 0.6) is 0 Å². The highest BCUT2D eigenvalue weighted by Crippen LogP contribution is 2.19. The van der Waals surface area contributed by atoms with E-state index in [4.69, 9.17) is 9.52 Å². The van der Waals surface area contributed by atoms with Gasteiger partial charge in [0.1, 0.15) is 5.52 Å². The van der Waals surface area contributed by atoms with Crippen molar-refractivity contribution in [2.45, 2.75) is 0 Å². The van der Waals surface area contributed by atoms with Crippen molar-refractivity contribution in [3.05, 3.63) is 41.7 Å². The van der Waals surface area contributed by atoms with Gasteiger partial charge in [-0.1, -0.05) is 0 Å². The summed E-state index contributed by atoms with van der Waals surface area (Å²) in [5.41, 5.74) is 1.18. The maximum atomic E-state index is 11.4. The normalized spacial score (nSPS) is 10.7. The second-order valence-electron chi connectivity index (χ2n) is 4.21. The zero-order valence-electron chi connectivity index (χ0n) is 10.9. The van der Waals surface area contributed by atoms with E-state index < -0.39 is 5.97 Å². The molecule has 0 fully saturated rings. The fourth-order valence-electron chi connectivity index (χ4n) is 1.82. The summed E-state index contributed by atoms with van der Waals surface area (Å²) in [4.78, 5) is 26.5. The Morgan fingerprint density at radius 1 is 1.33 bits per heavy atom. The molecule has 3 rings (SSSR count). The Kier molecular flexibility index (Phi) is 2.90. The molecule has 0 atom stereocenters. The van der Waals surface area contributed by atoms with E-state index in [-0.39, 0.29) is 23.2 Å². The molecule has 3 aromatic rings. The van der Waals surface area contributed by atoms with Gasteiger partial charge >= 0.3 is 12.0 Å². The molecule has 106 valence electrons. The lowest BCUT2D eigenvalue weighted by molar-refractivity contribution is 0.0696. The number of hydrogen-bond acceptors (Lipinski definition) is 5. The lowest BCUT2D eigenvalue weighted by atomic mass is 10.2. The van der Waals surface area contributed by atoms with Crippen LogP contribution in [-0.2, 0) is 0 Å². The average molecular weight is 286 g/mol. The summed E-state index contributed by atoms with van der Waals surface area (Å²) in [7, 11) is 1.51. The molecule has 0 aliphatic heterocycles. The summed E-state index contributed by atoms with van der Waals surface area (Å²) in [5, 5.41) is 15.4. The number of oxazole rings is 1. The van der Waals surface area contributed by atoms with Crippen molar-refractivity contribution in [3.8, 4) is 6.01 Å². The first-order valence-corrected chi connectivity index (χ1v) is 6.00. The number of carboxylic acid groups (broad SMARTS) is 1. The maximum Gasteiger partial charge on any atom is 0.335 e. The lowest BCUT2D eigenvalue weighted by Gasteiger charge is -1.93. The molecular weight excluding hydrogens is 276 g/mol. The van der Waals surface area contributed by atoms with Gasteiger partial charge in [0.05, 0.1) is 5.56 Å². The monoisotopic (exact) mass is 286 g/mol. The zero-order chi connectivity index (χ0) is 15.0. The number of carbonyl (C=O) groups excluding carboxylic acids is 1. The maximum absolute atomic E-state index is 11.4. The molecule has 8 heteroatoms. The smallest absolute Gasteiger partial charge is 0.335 e. The SMILES string of the molecule is CNC(=O)c1ccn(-c2nc3ccc(C(=O)O)cc3o2)n1. The van der Waals surface area contributed by atoms with Gasteiger partial charge in [0.2, 0.25) is 0 Å². The molecule has 21 heavy (non-hydrogen) atoms. The fourth-order valence-corrected chi connectivity index (χ4v) is 1.82. The minimum Gasteiger partial charge on any atom is -0.478 e. The molecule has 0 saturated heterocycles. The Bertz CT molecular complexity index is 849. The van der Waals surface area contributed by atoms with Crippen molar-refractivity contribution >= 4 is 23.0 Å². The van der Waals surface area contributed by atoms with Crippen molar-refractivity contribution in [3.63, 3.8) is 0 Å². The van der Waals surface area contributed by atoms with Gasteiger partial charge in [0.25, 0.3) is 5.91 Å². The minimum absolute atomic E-state index is 0.108. The van der Waals surface area contributed by atoms with Crippen molar-refractivity contribution in [1.29, 1.82) is 0 Å². The van der Waals surface area contributed by atoms with Crippen molar-refractivity contribution in [2.75, 3.05) is 7.05 Å². The van der Waals surface area contributed by atoms with Gasteiger partial charge in [-0.3, -0.25) is 4.79 Å². The van der Waals surface area contributed by atoms with Crippen molar-refractivity contribution in [2.24, 2.45) is 0 Å². The molecule has 0 radical (unpaired) electrons. The molecule has 1 amide bonds. The van der Waals surface area contributed by atoms with Gasteiger partial charge in [0, 0.05) is 13.2 Å². The molecule has 0 unspecified atom stereocenters. The van der Waals surface area contributed by atoms with Crippen LogP contribution in [0.3, 0.4) is 0 Å². The van der Waals surface area contributed by atoms with E-state index in [2.05, 4.69) is 15.4 Å². The largest absolute Gasteiger partial charge is 0.478 e.